The van der Waals surface area contributed by atoms with Crippen LogP contribution in [0.2, 0.25) is 0 Å². The van der Waals surface area contributed by atoms with E-state index in [0.717, 1.165) is 22.5 Å². The molecule has 1 saturated carbocycles. The molecular weight excluding hydrogens is 249 g/mol. The first-order valence-electron chi connectivity index (χ1n) is 4.41. The summed E-state index contributed by atoms with van der Waals surface area (Å²) in [6.07, 6.45) is 5.39. The van der Waals surface area contributed by atoms with Gasteiger partial charge in [0.2, 0.25) is 0 Å². The molecule has 1 aliphatic carbocycles. The summed E-state index contributed by atoms with van der Waals surface area (Å²) < 4.78 is 1.03. The highest BCUT2D eigenvalue weighted by atomic mass is 79.9. The summed E-state index contributed by atoms with van der Waals surface area (Å²) >= 11 is 9.27. The van der Waals surface area contributed by atoms with Crippen molar-refractivity contribution in [2.75, 3.05) is 5.88 Å². The maximum atomic E-state index is 5.90. The lowest BCUT2D eigenvalue weighted by atomic mass is 10.0. The summed E-state index contributed by atoms with van der Waals surface area (Å²) in [5.41, 5.74) is 1.53. The standard InChI is InChI=1S/C10H11BrClN/c11-8-1-2-9(13-6-8)5-10(7-12)3-4-10/h1-2,6H,3-5,7H2. The van der Waals surface area contributed by atoms with Crippen molar-refractivity contribution >= 4 is 27.5 Å². The second kappa shape index (κ2) is 3.58. The van der Waals surface area contributed by atoms with Gasteiger partial charge in [0, 0.05) is 22.2 Å². The van der Waals surface area contributed by atoms with Crippen molar-refractivity contribution < 1.29 is 0 Å². The van der Waals surface area contributed by atoms with E-state index < -0.39 is 0 Å². The van der Waals surface area contributed by atoms with E-state index in [1.54, 1.807) is 0 Å². The summed E-state index contributed by atoms with van der Waals surface area (Å²) in [5.74, 6) is 0.769. The van der Waals surface area contributed by atoms with E-state index in [9.17, 15) is 0 Å². The van der Waals surface area contributed by atoms with Crippen LogP contribution in [0.4, 0.5) is 0 Å². The first kappa shape index (κ1) is 9.47. The molecule has 0 spiro atoms. The largest absolute Gasteiger partial charge is 0.260 e. The fourth-order valence-corrected chi connectivity index (χ4v) is 2.03. The molecule has 1 aliphatic rings. The molecule has 0 radical (unpaired) electrons. The summed E-state index contributed by atoms with van der Waals surface area (Å²) in [7, 11) is 0. The molecule has 0 aromatic carbocycles. The molecule has 0 saturated heterocycles. The van der Waals surface area contributed by atoms with Crippen molar-refractivity contribution in [1.29, 1.82) is 0 Å². The molecule has 0 N–H and O–H groups in total. The Kier molecular flexibility index (Phi) is 2.61. The lowest BCUT2D eigenvalue weighted by Crippen LogP contribution is -2.07. The number of halogens is 2. The van der Waals surface area contributed by atoms with Crippen LogP contribution in [-0.2, 0) is 6.42 Å². The van der Waals surface area contributed by atoms with Gasteiger partial charge in [-0.05, 0) is 52.7 Å². The molecule has 3 heteroatoms. The van der Waals surface area contributed by atoms with E-state index in [0.29, 0.717) is 5.41 Å². The maximum absolute atomic E-state index is 5.90. The SMILES string of the molecule is ClCC1(Cc2ccc(Br)cn2)CC1. The molecule has 70 valence electrons. The van der Waals surface area contributed by atoms with Gasteiger partial charge in [0.15, 0.2) is 0 Å². The first-order valence-corrected chi connectivity index (χ1v) is 5.73. The van der Waals surface area contributed by atoms with E-state index in [1.807, 2.05) is 12.3 Å². The molecule has 1 fully saturated rings. The number of rotatable bonds is 3. The lowest BCUT2D eigenvalue weighted by Gasteiger charge is -2.09. The molecule has 0 aliphatic heterocycles. The van der Waals surface area contributed by atoms with E-state index in [4.69, 9.17) is 11.6 Å². The van der Waals surface area contributed by atoms with Crippen molar-refractivity contribution in [2.45, 2.75) is 19.3 Å². The summed E-state index contributed by atoms with van der Waals surface area (Å²) in [6.45, 7) is 0. The normalized spacial score (nSPS) is 18.6. The Bertz CT molecular complexity index is 292. The predicted octanol–water partition coefficient (Wildman–Crippen LogP) is 3.41. The molecule has 0 bridgehead atoms. The number of alkyl halides is 1. The highest BCUT2D eigenvalue weighted by Gasteiger charge is 2.41. The molecule has 0 atom stereocenters. The van der Waals surface area contributed by atoms with Crippen LogP contribution in [0.5, 0.6) is 0 Å². The Balaban J connectivity index is 2.06. The zero-order valence-corrected chi connectivity index (χ0v) is 9.61. The van der Waals surface area contributed by atoms with Gasteiger partial charge in [-0.1, -0.05) is 0 Å². The zero-order chi connectivity index (χ0) is 9.31. The minimum absolute atomic E-state index is 0.377. The molecule has 1 nitrogen and oxygen atoms in total. The Morgan fingerprint density at radius 2 is 2.23 bits per heavy atom. The smallest absolute Gasteiger partial charge is 0.0413 e. The van der Waals surface area contributed by atoms with Crippen LogP contribution >= 0.6 is 27.5 Å². The zero-order valence-electron chi connectivity index (χ0n) is 7.26. The van der Waals surface area contributed by atoms with Crippen LogP contribution < -0.4 is 0 Å². The van der Waals surface area contributed by atoms with Crippen molar-refractivity contribution in [1.82, 2.24) is 4.98 Å². The van der Waals surface area contributed by atoms with Crippen LogP contribution in [-0.4, -0.2) is 10.9 Å². The fourth-order valence-electron chi connectivity index (χ4n) is 1.43. The highest BCUT2D eigenvalue weighted by Crippen LogP contribution is 2.48. The van der Waals surface area contributed by atoms with E-state index >= 15 is 0 Å². The third kappa shape index (κ3) is 2.23. The predicted molar refractivity (Wildman–Crippen MR) is 58.0 cm³/mol. The molecule has 0 amide bonds. The van der Waals surface area contributed by atoms with E-state index in [1.165, 1.54) is 12.8 Å². The van der Waals surface area contributed by atoms with Crippen LogP contribution in [0.3, 0.4) is 0 Å². The highest BCUT2D eigenvalue weighted by molar-refractivity contribution is 9.10. The van der Waals surface area contributed by atoms with Crippen molar-refractivity contribution in [3.05, 3.63) is 28.5 Å². The van der Waals surface area contributed by atoms with Crippen LogP contribution in [0.1, 0.15) is 18.5 Å². The fraction of sp³-hybridized carbons (Fsp3) is 0.500. The monoisotopic (exact) mass is 259 g/mol. The van der Waals surface area contributed by atoms with Gasteiger partial charge in [-0.3, -0.25) is 4.98 Å². The minimum atomic E-state index is 0.377. The van der Waals surface area contributed by atoms with Gasteiger partial charge in [0.05, 0.1) is 0 Å². The molecule has 0 unspecified atom stereocenters. The maximum Gasteiger partial charge on any atom is 0.0413 e. The molecule has 13 heavy (non-hydrogen) atoms. The number of hydrogen-bond acceptors (Lipinski definition) is 1. The summed E-state index contributed by atoms with van der Waals surface area (Å²) in [6, 6.07) is 4.10. The van der Waals surface area contributed by atoms with Gasteiger partial charge >= 0.3 is 0 Å². The second-order valence-electron chi connectivity index (χ2n) is 3.78. The average molecular weight is 261 g/mol. The van der Waals surface area contributed by atoms with Gasteiger partial charge in [-0.15, -0.1) is 11.6 Å². The number of hydrogen-bond donors (Lipinski definition) is 0. The van der Waals surface area contributed by atoms with Crippen LogP contribution in [0.25, 0.3) is 0 Å². The third-order valence-corrected chi connectivity index (χ3v) is 3.62. The lowest BCUT2D eigenvalue weighted by molar-refractivity contribution is 0.568. The summed E-state index contributed by atoms with van der Waals surface area (Å²) in [5, 5.41) is 0. The Labute approximate surface area is 91.6 Å². The molecular formula is C10H11BrClN. The van der Waals surface area contributed by atoms with E-state index in [2.05, 4.69) is 27.0 Å². The third-order valence-electron chi connectivity index (χ3n) is 2.59. The van der Waals surface area contributed by atoms with Crippen molar-refractivity contribution in [3.8, 4) is 0 Å². The van der Waals surface area contributed by atoms with Gasteiger partial charge in [-0.2, -0.15) is 0 Å². The molecule has 1 aromatic heterocycles. The van der Waals surface area contributed by atoms with Gasteiger partial charge in [0.25, 0.3) is 0 Å². The minimum Gasteiger partial charge on any atom is -0.260 e. The quantitative estimate of drug-likeness (QED) is 0.759. The topological polar surface area (TPSA) is 12.9 Å². The number of nitrogens with zero attached hydrogens (tertiary/aromatic N) is 1. The van der Waals surface area contributed by atoms with Gasteiger partial charge < -0.3 is 0 Å². The molecule has 2 rings (SSSR count). The Morgan fingerprint density at radius 3 is 2.69 bits per heavy atom. The second-order valence-corrected chi connectivity index (χ2v) is 4.96. The van der Waals surface area contributed by atoms with Gasteiger partial charge in [0.1, 0.15) is 0 Å². The van der Waals surface area contributed by atoms with Gasteiger partial charge in [-0.25, -0.2) is 0 Å². The first-order chi connectivity index (χ1) is 6.24. The van der Waals surface area contributed by atoms with E-state index in [-0.39, 0.29) is 0 Å². The Morgan fingerprint density at radius 1 is 1.46 bits per heavy atom. The molecule has 1 heterocycles. The average Bonchev–Trinajstić information content (AvgIpc) is 2.90. The van der Waals surface area contributed by atoms with Crippen molar-refractivity contribution in [3.63, 3.8) is 0 Å². The number of pyridine rings is 1. The van der Waals surface area contributed by atoms with Crippen molar-refractivity contribution in [2.24, 2.45) is 5.41 Å². The van der Waals surface area contributed by atoms with Crippen LogP contribution in [0.15, 0.2) is 22.8 Å². The number of aromatic nitrogens is 1. The Hall–Kier alpha value is -0.0800. The molecule has 1 aromatic rings. The summed E-state index contributed by atoms with van der Waals surface area (Å²) in [4.78, 5) is 4.35. The van der Waals surface area contributed by atoms with Crippen LogP contribution in [0, 0.1) is 5.41 Å².